The number of benzene rings is 2. The minimum atomic E-state index is -0.522. The van der Waals surface area contributed by atoms with Crippen molar-refractivity contribution < 1.29 is 19.1 Å². The normalized spacial score (nSPS) is 18.5. The molecule has 1 N–H and O–H groups in total. The number of β-amino-alcohol motifs (C(OH)–C–C–N with tert-alkyl or cyclic N) is 1. The molecule has 0 spiro atoms. The number of rotatable bonds is 4. The van der Waals surface area contributed by atoms with Gasteiger partial charge in [-0.1, -0.05) is 30.3 Å². The molecule has 29 heavy (non-hydrogen) atoms. The van der Waals surface area contributed by atoms with Crippen molar-refractivity contribution in [2.24, 2.45) is 0 Å². The third-order valence-electron chi connectivity index (χ3n) is 5.89. The fraction of sp³-hybridized carbons (Fsp3) is 0.273. The maximum Gasteiger partial charge on any atom is 0.327 e. The van der Waals surface area contributed by atoms with Crippen LogP contribution < -0.4 is 0 Å². The van der Waals surface area contributed by atoms with E-state index in [-0.39, 0.29) is 30.9 Å². The molecule has 3 amide bonds. The van der Waals surface area contributed by atoms with Gasteiger partial charge in [0.15, 0.2) is 0 Å². The summed E-state index contributed by atoms with van der Waals surface area (Å²) in [7, 11) is 0. The summed E-state index contributed by atoms with van der Waals surface area (Å²) < 4.78 is 15.5. The summed E-state index contributed by atoms with van der Waals surface area (Å²) in [5.74, 6) is -0.522. The molecule has 1 saturated heterocycles. The van der Waals surface area contributed by atoms with Crippen molar-refractivity contribution in [1.29, 1.82) is 0 Å². The van der Waals surface area contributed by atoms with Gasteiger partial charge in [0.25, 0.3) is 5.91 Å². The van der Waals surface area contributed by atoms with Crippen molar-refractivity contribution in [2.75, 3.05) is 13.2 Å². The molecule has 2 aliphatic rings. The van der Waals surface area contributed by atoms with Gasteiger partial charge in [0, 0.05) is 29.6 Å². The van der Waals surface area contributed by atoms with Gasteiger partial charge in [-0.05, 0) is 29.3 Å². The molecule has 1 aromatic heterocycles. The average molecular weight is 393 g/mol. The van der Waals surface area contributed by atoms with Gasteiger partial charge in [-0.15, -0.1) is 0 Å². The molecule has 2 aromatic carbocycles. The number of aliphatic hydroxyl groups excluding tert-OH is 1. The standard InChI is InChI=1S/C22H20FN3O3/c23-15-7-5-14(6-8-15)12-25-18-4-2-1-3-16(18)17-11-19-21(28)24(9-10-27)22(29)26(19)13-20(17)25/h1-8,19,27H,9-13H2. The van der Waals surface area contributed by atoms with Crippen LogP contribution in [0.4, 0.5) is 9.18 Å². The van der Waals surface area contributed by atoms with E-state index in [1.807, 2.05) is 24.3 Å². The van der Waals surface area contributed by atoms with Crippen molar-refractivity contribution in [3.8, 4) is 0 Å². The van der Waals surface area contributed by atoms with E-state index in [4.69, 9.17) is 0 Å². The van der Waals surface area contributed by atoms with Gasteiger partial charge >= 0.3 is 6.03 Å². The molecule has 0 radical (unpaired) electrons. The number of aromatic nitrogens is 1. The van der Waals surface area contributed by atoms with Crippen molar-refractivity contribution in [1.82, 2.24) is 14.4 Å². The summed E-state index contributed by atoms with van der Waals surface area (Å²) in [6, 6.07) is 13.5. The second-order valence-corrected chi connectivity index (χ2v) is 7.50. The molecule has 148 valence electrons. The lowest BCUT2D eigenvalue weighted by molar-refractivity contribution is -0.128. The van der Waals surface area contributed by atoms with Gasteiger partial charge in [-0.25, -0.2) is 9.18 Å². The molecule has 6 nitrogen and oxygen atoms in total. The molecule has 0 aliphatic carbocycles. The molecule has 0 saturated carbocycles. The molecule has 1 fully saturated rings. The van der Waals surface area contributed by atoms with E-state index in [2.05, 4.69) is 4.57 Å². The van der Waals surface area contributed by atoms with Crippen LogP contribution in [0.15, 0.2) is 48.5 Å². The summed E-state index contributed by atoms with van der Waals surface area (Å²) in [4.78, 5) is 28.2. The third kappa shape index (κ3) is 2.73. The first-order chi connectivity index (χ1) is 14.1. The van der Waals surface area contributed by atoms with E-state index in [1.54, 1.807) is 17.0 Å². The van der Waals surface area contributed by atoms with E-state index in [9.17, 15) is 19.1 Å². The van der Waals surface area contributed by atoms with Crippen molar-refractivity contribution in [3.05, 3.63) is 71.2 Å². The first-order valence-electron chi connectivity index (χ1n) is 9.64. The number of para-hydroxylation sites is 1. The van der Waals surface area contributed by atoms with Crippen LogP contribution in [-0.4, -0.2) is 50.6 Å². The first-order valence-corrected chi connectivity index (χ1v) is 9.64. The number of hydrogen-bond acceptors (Lipinski definition) is 3. The van der Waals surface area contributed by atoms with Crippen molar-refractivity contribution in [3.63, 3.8) is 0 Å². The SMILES string of the molecule is O=C1C2Cc3c(n(Cc4ccc(F)cc4)c4ccccc34)CN2C(=O)N1CCO. The second kappa shape index (κ2) is 6.70. The van der Waals surface area contributed by atoms with Crippen LogP contribution in [0, 0.1) is 5.82 Å². The van der Waals surface area contributed by atoms with E-state index in [0.29, 0.717) is 19.5 Å². The maximum atomic E-state index is 13.3. The van der Waals surface area contributed by atoms with Crippen LogP contribution in [0.25, 0.3) is 10.9 Å². The van der Waals surface area contributed by atoms with Crippen LogP contribution >= 0.6 is 0 Å². The zero-order chi connectivity index (χ0) is 20.1. The average Bonchev–Trinajstić information content (AvgIpc) is 3.16. The Hall–Kier alpha value is -3.19. The van der Waals surface area contributed by atoms with Crippen molar-refractivity contribution in [2.45, 2.75) is 25.6 Å². The molecule has 0 bridgehead atoms. The predicted molar refractivity (Wildman–Crippen MR) is 105 cm³/mol. The Balaban J connectivity index is 1.59. The van der Waals surface area contributed by atoms with E-state index >= 15 is 0 Å². The molecule has 3 heterocycles. The Morgan fingerprint density at radius 1 is 1.07 bits per heavy atom. The van der Waals surface area contributed by atoms with Crippen LogP contribution in [0.5, 0.6) is 0 Å². The quantitative estimate of drug-likeness (QED) is 0.693. The zero-order valence-corrected chi connectivity index (χ0v) is 15.7. The highest BCUT2D eigenvalue weighted by Gasteiger charge is 2.48. The Bertz CT molecular complexity index is 1120. The first kappa shape index (κ1) is 17.9. The topological polar surface area (TPSA) is 65.8 Å². The molecular weight excluding hydrogens is 373 g/mol. The largest absolute Gasteiger partial charge is 0.395 e. The number of fused-ring (bicyclic) bond motifs is 4. The third-order valence-corrected chi connectivity index (χ3v) is 5.89. The highest BCUT2D eigenvalue weighted by Crippen LogP contribution is 2.36. The summed E-state index contributed by atoms with van der Waals surface area (Å²) in [5.41, 5.74) is 4.08. The fourth-order valence-electron chi connectivity index (χ4n) is 4.52. The van der Waals surface area contributed by atoms with E-state index < -0.39 is 6.04 Å². The smallest absolute Gasteiger partial charge is 0.327 e. The summed E-state index contributed by atoms with van der Waals surface area (Å²) in [6.45, 7) is 0.662. The molecule has 2 aliphatic heterocycles. The Kier molecular flexibility index (Phi) is 4.13. The Morgan fingerprint density at radius 3 is 2.59 bits per heavy atom. The number of carbonyl (C=O) groups is 2. The molecular formula is C22H20FN3O3. The van der Waals surface area contributed by atoms with Crippen LogP contribution in [-0.2, 0) is 24.3 Å². The van der Waals surface area contributed by atoms with E-state index in [1.165, 1.54) is 12.1 Å². The minimum absolute atomic E-state index is 0.0191. The number of urea groups is 1. The van der Waals surface area contributed by atoms with Gasteiger partial charge in [0.1, 0.15) is 11.9 Å². The van der Waals surface area contributed by atoms with Gasteiger partial charge in [0.2, 0.25) is 0 Å². The molecule has 7 heteroatoms. The van der Waals surface area contributed by atoms with Gasteiger partial charge in [-0.3, -0.25) is 9.69 Å². The molecule has 1 unspecified atom stereocenters. The maximum absolute atomic E-state index is 13.3. The fourth-order valence-corrected chi connectivity index (χ4v) is 4.52. The number of carbonyl (C=O) groups excluding carboxylic acids is 2. The number of imide groups is 1. The summed E-state index contributed by atoms with van der Waals surface area (Å²) in [5, 5.41) is 10.3. The van der Waals surface area contributed by atoms with Crippen molar-refractivity contribution >= 4 is 22.8 Å². The second-order valence-electron chi connectivity index (χ2n) is 7.50. The lowest BCUT2D eigenvalue weighted by Crippen LogP contribution is -2.40. The number of hydrogen-bond donors (Lipinski definition) is 1. The summed E-state index contributed by atoms with van der Waals surface area (Å²) >= 11 is 0. The predicted octanol–water partition coefficient (Wildman–Crippen LogP) is 2.51. The van der Waals surface area contributed by atoms with Crippen LogP contribution in [0.1, 0.15) is 16.8 Å². The highest BCUT2D eigenvalue weighted by atomic mass is 19.1. The Labute approximate surface area is 166 Å². The van der Waals surface area contributed by atoms with Crippen LogP contribution in [0.2, 0.25) is 0 Å². The highest BCUT2D eigenvalue weighted by molar-refractivity contribution is 6.05. The number of aliphatic hydroxyl groups is 1. The monoisotopic (exact) mass is 393 g/mol. The summed E-state index contributed by atoms with van der Waals surface area (Å²) in [6.07, 6.45) is 0.457. The number of nitrogens with zero attached hydrogens (tertiary/aromatic N) is 3. The lowest BCUT2D eigenvalue weighted by atomic mass is 9.97. The molecule has 5 rings (SSSR count). The van der Waals surface area contributed by atoms with Gasteiger partial charge in [-0.2, -0.15) is 0 Å². The Morgan fingerprint density at radius 2 is 1.83 bits per heavy atom. The van der Waals surface area contributed by atoms with Crippen LogP contribution in [0.3, 0.4) is 0 Å². The molecule has 3 aromatic rings. The minimum Gasteiger partial charge on any atom is -0.395 e. The lowest BCUT2D eigenvalue weighted by Gasteiger charge is -2.28. The van der Waals surface area contributed by atoms with Gasteiger partial charge < -0.3 is 14.6 Å². The molecule has 1 atom stereocenters. The number of amides is 3. The van der Waals surface area contributed by atoms with Gasteiger partial charge in [0.05, 0.1) is 19.7 Å². The zero-order valence-electron chi connectivity index (χ0n) is 15.7. The number of halogens is 1. The van der Waals surface area contributed by atoms with E-state index in [0.717, 1.165) is 32.6 Å².